The normalized spacial score (nSPS) is 16.1. The van der Waals surface area contributed by atoms with Gasteiger partial charge in [-0.25, -0.2) is 9.97 Å². The van der Waals surface area contributed by atoms with Crippen LogP contribution >= 0.6 is 0 Å². The molecule has 0 saturated carbocycles. The minimum absolute atomic E-state index is 0.115. The van der Waals surface area contributed by atoms with Crippen molar-refractivity contribution in [1.29, 1.82) is 0 Å². The number of aryl methyl sites for hydroxylation is 2. The summed E-state index contributed by atoms with van der Waals surface area (Å²) in [4.78, 5) is 25.4. The van der Waals surface area contributed by atoms with Crippen molar-refractivity contribution in [1.82, 2.24) is 20.2 Å². The van der Waals surface area contributed by atoms with Crippen molar-refractivity contribution < 1.29 is 4.79 Å². The molecule has 0 spiro atoms. The predicted octanol–water partition coefficient (Wildman–Crippen LogP) is 0.988. The maximum Gasteiger partial charge on any atom is 0.225 e. The fraction of sp³-hybridized carbons (Fsp3) is 0.688. The summed E-state index contributed by atoms with van der Waals surface area (Å²) in [7, 11) is 4.02. The Kier molecular flexibility index (Phi) is 5.71. The lowest BCUT2D eigenvalue weighted by Gasteiger charge is -2.31. The maximum atomic E-state index is 12.2. The number of amides is 1. The lowest BCUT2D eigenvalue weighted by atomic mass is 9.96. The van der Waals surface area contributed by atoms with Gasteiger partial charge >= 0.3 is 0 Å². The van der Waals surface area contributed by atoms with Gasteiger partial charge in [0.15, 0.2) is 0 Å². The second-order valence-electron chi connectivity index (χ2n) is 6.31. The first-order chi connectivity index (χ1) is 10.5. The molecule has 1 amide bonds. The van der Waals surface area contributed by atoms with Gasteiger partial charge in [0.05, 0.1) is 0 Å². The molecular formula is C16H27N5O. The molecule has 1 fully saturated rings. The fourth-order valence-corrected chi connectivity index (χ4v) is 2.74. The summed E-state index contributed by atoms with van der Waals surface area (Å²) in [5.41, 5.74) is 1.98. The number of carbonyl (C=O) groups excluding carboxylic acids is 1. The topological polar surface area (TPSA) is 61.4 Å². The van der Waals surface area contributed by atoms with E-state index in [1.165, 1.54) is 0 Å². The van der Waals surface area contributed by atoms with Crippen molar-refractivity contribution in [3.63, 3.8) is 0 Å². The molecular weight excluding hydrogens is 278 g/mol. The molecule has 1 aromatic rings. The van der Waals surface area contributed by atoms with E-state index in [0.29, 0.717) is 6.54 Å². The SMILES string of the molecule is Cc1cc(C)nc(N2CCC(C(=O)NCCN(C)C)CC2)n1. The molecule has 1 aliphatic heterocycles. The average molecular weight is 305 g/mol. The van der Waals surface area contributed by atoms with Gasteiger partial charge < -0.3 is 15.1 Å². The number of hydrogen-bond donors (Lipinski definition) is 1. The van der Waals surface area contributed by atoms with Crippen LogP contribution in [0.4, 0.5) is 5.95 Å². The zero-order chi connectivity index (χ0) is 16.1. The van der Waals surface area contributed by atoms with Gasteiger partial charge in [-0.3, -0.25) is 4.79 Å². The number of aromatic nitrogens is 2. The van der Waals surface area contributed by atoms with E-state index in [2.05, 4.69) is 25.1 Å². The lowest BCUT2D eigenvalue weighted by molar-refractivity contribution is -0.125. The van der Waals surface area contributed by atoms with Crippen LogP contribution in [0.2, 0.25) is 0 Å². The van der Waals surface area contributed by atoms with Crippen LogP contribution in [0.25, 0.3) is 0 Å². The number of hydrogen-bond acceptors (Lipinski definition) is 5. The van der Waals surface area contributed by atoms with Gasteiger partial charge in [0.2, 0.25) is 11.9 Å². The van der Waals surface area contributed by atoms with Gasteiger partial charge in [-0.1, -0.05) is 0 Å². The zero-order valence-electron chi connectivity index (χ0n) is 14.1. The smallest absolute Gasteiger partial charge is 0.225 e. The van der Waals surface area contributed by atoms with E-state index in [1.54, 1.807) is 0 Å². The van der Waals surface area contributed by atoms with E-state index in [9.17, 15) is 4.79 Å². The molecule has 2 rings (SSSR count). The second kappa shape index (κ2) is 7.54. The van der Waals surface area contributed by atoms with Crippen LogP contribution in [0.3, 0.4) is 0 Å². The number of likely N-dealkylation sites (N-methyl/N-ethyl adjacent to an activating group) is 1. The standard InChI is InChI=1S/C16H27N5O/c1-12-11-13(2)19-16(18-12)21-8-5-14(6-9-21)15(22)17-7-10-20(3)4/h11,14H,5-10H2,1-4H3,(H,17,22). The summed E-state index contributed by atoms with van der Waals surface area (Å²) in [6.45, 7) is 7.25. The second-order valence-corrected chi connectivity index (χ2v) is 6.31. The Bertz CT molecular complexity index is 489. The van der Waals surface area contributed by atoms with Crippen molar-refractivity contribution in [2.45, 2.75) is 26.7 Å². The molecule has 0 unspecified atom stereocenters. The molecule has 6 nitrogen and oxygen atoms in total. The van der Waals surface area contributed by atoms with Gasteiger partial charge in [-0.05, 0) is 46.9 Å². The van der Waals surface area contributed by atoms with Gasteiger partial charge in [0, 0.05) is 43.5 Å². The summed E-state index contributed by atoms with van der Waals surface area (Å²) in [6.07, 6.45) is 1.73. The Morgan fingerprint density at radius 2 is 1.86 bits per heavy atom. The Hall–Kier alpha value is -1.69. The highest BCUT2D eigenvalue weighted by Gasteiger charge is 2.26. The third-order valence-corrected chi connectivity index (χ3v) is 3.98. The van der Waals surface area contributed by atoms with E-state index in [4.69, 9.17) is 0 Å². The predicted molar refractivity (Wildman–Crippen MR) is 88.0 cm³/mol. The van der Waals surface area contributed by atoms with Crippen molar-refractivity contribution >= 4 is 11.9 Å². The molecule has 0 atom stereocenters. The Morgan fingerprint density at radius 1 is 1.27 bits per heavy atom. The van der Waals surface area contributed by atoms with Crippen LogP contribution in [0.5, 0.6) is 0 Å². The van der Waals surface area contributed by atoms with Crippen LogP contribution in [0, 0.1) is 19.8 Å². The van der Waals surface area contributed by atoms with Crippen LogP contribution in [0.15, 0.2) is 6.07 Å². The molecule has 0 aromatic carbocycles. The zero-order valence-corrected chi connectivity index (χ0v) is 14.1. The summed E-state index contributed by atoms with van der Waals surface area (Å²) in [6, 6.07) is 1.98. The molecule has 0 radical (unpaired) electrons. The van der Waals surface area contributed by atoms with E-state index in [0.717, 1.165) is 49.8 Å². The Balaban J connectivity index is 1.83. The van der Waals surface area contributed by atoms with Crippen LogP contribution < -0.4 is 10.2 Å². The number of nitrogens with zero attached hydrogens (tertiary/aromatic N) is 4. The summed E-state index contributed by atoms with van der Waals surface area (Å²) < 4.78 is 0. The molecule has 0 bridgehead atoms. The molecule has 0 aliphatic carbocycles. The van der Waals surface area contributed by atoms with Crippen molar-refractivity contribution in [3.05, 3.63) is 17.5 Å². The molecule has 1 aromatic heterocycles. The van der Waals surface area contributed by atoms with Crippen molar-refractivity contribution in [3.8, 4) is 0 Å². The third kappa shape index (κ3) is 4.66. The summed E-state index contributed by atoms with van der Waals surface area (Å²) in [5.74, 6) is 1.09. The van der Waals surface area contributed by atoms with Crippen LogP contribution in [-0.4, -0.2) is 61.0 Å². The first kappa shape index (κ1) is 16.7. The third-order valence-electron chi connectivity index (χ3n) is 3.98. The molecule has 22 heavy (non-hydrogen) atoms. The Labute approximate surface area is 132 Å². The first-order valence-electron chi connectivity index (χ1n) is 7.95. The Morgan fingerprint density at radius 3 is 2.41 bits per heavy atom. The number of rotatable bonds is 5. The van der Waals surface area contributed by atoms with Crippen LogP contribution in [0.1, 0.15) is 24.2 Å². The largest absolute Gasteiger partial charge is 0.355 e. The number of piperidine rings is 1. The highest BCUT2D eigenvalue weighted by atomic mass is 16.1. The monoisotopic (exact) mass is 305 g/mol. The van der Waals surface area contributed by atoms with E-state index >= 15 is 0 Å². The summed E-state index contributed by atoms with van der Waals surface area (Å²) in [5, 5.41) is 3.03. The van der Waals surface area contributed by atoms with Gasteiger partial charge in [0.25, 0.3) is 0 Å². The highest BCUT2D eigenvalue weighted by molar-refractivity contribution is 5.78. The van der Waals surface area contributed by atoms with E-state index < -0.39 is 0 Å². The molecule has 1 saturated heterocycles. The molecule has 6 heteroatoms. The first-order valence-corrected chi connectivity index (χ1v) is 7.95. The summed E-state index contributed by atoms with van der Waals surface area (Å²) >= 11 is 0. The number of nitrogens with one attached hydrogen (secondary N) is 1. The highest BCUT2D eigenvalue weighted by Crippen LogP contribution is 2.21. The van der Waals surface area contributed by atoms with Crippen LogP contribution in [-0.2, 0) is 4.79 Å². The van der Waals surface area contributed by atoms with Crippen molar-refractivity contribution in [2.24, 2.45) is 5.92 Å². The number of carbonyl (C=O) groups is 1. The molecule has 1 N–H and O–H groups in total. The maximum absolute atomic E-state index is 12.2. The lowest BCUT2D eigenvalue weighted by Crippen LogP contribution is -2.42. The van der Waals surface area contributed by atoms with Gasteiger partial charge in [-0.15, -0.1) is 0 Å². The van der Waals surface area contributed by atoms with E-state index in [-0.39, 0.29) is 11.8 Å². The minimum atomic E-state index is 0.115. The molecule has 1 aliphatic rings. The minimum Gasteiger partial charge on any atom is -0.355 e. The van der Waals surface area contributed by atoms with E-state index in [1.807, 2.05) is 34.0 Å². The molecule has 122 valence electrons. The van der Waals surface area contributed by atoms with Crippen molar-refractivity contribution in [2.75, 3.05) is 45.2 Å². The molecule has 2 heterocycles. The quantitative estimate of drug-likeness (QED) is 0.879. The van der Waals surface area contributed by atoms with Gasteiger partial charge in [0.1, 0.15) is 0 Å². The number of anilines is 1. The average Bonchev–Trinajstić information content (AvgIpc) is 2.46. The fourth-order valence-electron chi connectivity index (χ4n) is 2.74. The van der Waals surface area contributed by atoms with Gasteiger partial charge in [-0.2, -0.15) is 0 Å².